The first-order valence-electron chi connectivity index (χ1n) is 5.69. The van der Waals surface area contributed by atoms with E-state index in [0.29, 0.717) is 18.8 Å². The molecule has 1 unspecified atom stereocenters. The summed E-state index contributed by atoms with van der Waals surface area (Å²) in [6, 6.07) is 6.20. The van der Waals surface area contributed by atoms with E-state index < -0.39 is 0 Å². The van der Waals surface area contributed by atoms with Crippen molar-refractivity contribution < 1.29 is 9.47 Å². The van der Waals surface area contributed by atoms with E-state index in [0.717, 1.165) is 17.9 Å². The molecule has 2 aliphatic rings. The van der Waals surface area contributed by atoms with Gasteiger partial charge in [-0.1, -0.05) is 19.9 Å². The molecule has 2 N–H and O–H groups in total. The fraction of sp³-hybridized carbons (Fsp3) is 0.538. The Kier molecular flexibility index (Phi) is 1.82. The van der Waals surface area contributed by atoms with Crippen LogP contribution in [0.25, 0.3) is 0 Å². The maximum Gasteiger partial charge on any atom is 0.231 e. The van der Waals surface area contributed by atoms with Gasteiger partial charge in [-0.05, 0) is 29.5 Å². The number of ether oxygens (including phenoxy) is 2. The van der Waals surface area contributed by atoms with E-state index in [4.69, 9.17) is 15.2 Å². The Morgan fingerprint density at radius 1 is 1.25 bits per heavy atom. The first kappa shape index (κ1) is 9.97. The Morgan fingerprint density at radius 3 is 2.56 bits per heavy atom. The van der Waals surface area contributed by atoms with Crippen molar-refractivity contribution in [2.45, 2.75) is 25.7 Å². The standard InChI is InChI=1S/C13H17NO2/c1-12(2)6-13(12,7-14)9-3-4-10-11(5-9)16-8-15-10/h3-5H,6-8,14H2,1-2H3. The van der Waals surface area contributed by atoms with Crippen LogP contribution in [0.2, 0.25) is 0 Å². The number of benzene rings is 1. The number of fused-ring (bicyclic) bond motifs is 1. The first-order valence-corrected chi connectivity index (χ1v) is 5.69. The van der Waals surface area contributed by atoms with Gasteiger partial charge < -0.3 is 15.2 Å². The third kappa shape index (κ3) is 1.12. The van der Waals surface area contributed by atoms with Gasteiger partial charge in [-0.25, -0.2) is 0 Å². The third-order valence-corrected chi connectivity index (χ3v) is 4.19. The molecular weight excluding hydrogens is 202 g/mol. The van der Waals surface area contributed by atoms with Crippen molar-refractivity contribution in [2.24, 2.45) is 11.1 Å². The quantitative estimate of drug-likeness (QED) is 0.827. The van der Waals surface area contributed by atoms with Gasteiger partial charge in [-0.3, -0.25) is 0 Å². The molecule has 1 heterocycles. The lowest BCUT2D eigenvalue weighted by atomic mass is 9.88. The zero-order valence-electron chi connectivity index (χ0n) is 9.75. The summed E-state index contributed by atoms with van der Waals surface area (Å²) in [4.78, 5) is 0. The summed E-state index contributed by atoms with van der Waals surface area (Å²) in [6.45, 7) is 5.56. The van der Waals surface area contributed by atoms with E-state index in [1.165, 1.54) is 5.56 Å². The zero-order chi connectivity index (χ0) is 11.4. The first-order chi connectivity index (χ1) is 7.59. The van der Waals surface area contributed by atoms with Gasteiger partial charge in [0.25, 0.3) is 0 Å². The minimum absolute atomic E-state index is 0.133. The monoisotopic (exact) mass is 219 g/mol. The van der Waals surface area contributed by atoms with E-state index in [-0.39, 0.29) is 5.41 Å². The number of hydrogen-bond donors (Lipinski definition) is 1. The van der Waals surface area contributed by atoms with Crippen molar-refractivity contribution in [2.75, 3.05) is 13.3 Å². The zero-order valence-corrected chi connectivity index (χ0v) is 9.75. The molecule has 0 bridgehead atoms. The van der Waals surface area contributed by atoms with Gasteiger partial charge in [-0.15, -0.1) is 0 Å². The molecule has 3 heteroatoms. The van der Waals surface area contributed by atoms with Crippen molar-refractivity contribution in [1.29, 1.82) is 0 Å². The predicted molar refractivity (Wildman–Crippen MR) is 61.7 cm³/mol. The predicted octanol–water partition coefficient (Wildman–Crippen LogP) is 2.04. The van der Waals surface area contributed by atoms with Gasteiger partial charge in [-0.2, -0.15) is 0 Å². The van der Waals surface area contributed by atoms with Gasteiger partial charge in [0, 0.05) is 12.0 Å². The van der Waals surface area contributed by atoms with Crippen LogP contribution < -0.4 is 15.2 Å². The van der Waals surface area contributed by atoms with E-state index in [2.05, 4.69) is 26.0 Å². The van der Waals surface area contributed by atoms with Crippen molar-refractivity contribution >= 4 is 0 Å². The molecule has 3 rings (SSSR count). The highest BCUT2D eigenvalue weighted by molar-refractivity contribution is 5.49. The van der Waals surface area contributed by atoms with E-state index in [1.54, 1.807) is 0 Å². The molecule has 1 fully saturated rings. The molecule has 0 amide bonds. The number of rotatable bonds is 2. The third-order valence-electron chi connectivity index (χ3n) is 4.19. The SMILES string of the molecule is CC1(C)CC1(CN)c1ccc2c(c1)OCO2. The van der Waals surface area contributed by atoms with E-state index >= 15 is 0 Å². The summed E-state index contributed by atoms with van der Waals surface area (Å²) < 4.78 is 10.7. The Morgan fingerprint density at radius 2 is 1.94 bits per heavy atom. The van der Waals surface area contributed by atoms with Crippen LogP contribution in [-0.2, 0) is 5.41 Å². The molecule has 86 valence electrons. The second kappa shape index (κ2) is 2.92. The highest BCUT2D eigenvalue weighted by atomic mass is 16.7. The second-order valence-electron chi connectivity index (χ2n) is 5.41. The van der Waals surface area contributed by atoms with E-state index in [9.17, 15) is 0 Å². The fourth-order valence-corrected chi connectivity index (χ4v) is 2.86. The Hall–Kier alpha value is -1.22. The van der Waals surface area contributed by atoms with Crippen LogP contribution in [0.15, 0.2) is 18.2 Å². The average molecular weight is 219 g/mol. The molecule has 1 aliphatic heterocycles. The molecule has 3 nitrogen and oxygen atoms in total. The molecule has 0 aromatic heterocycles. The smallest absolute Gasteiger partial charge is 0.231 e. The molecule has 1 aromatic rings. The van der Waals surface area contributed by atoms with Crippen LogP contribution >= 0.6 is 0 Å². The van der Waals surface area contributed by atoms with Crippen LogP contribution in [0.1, 0.15) is 25.8 Å². The summed E-state index contributed by atoms with van der Waals surface area (Å²) in [5.74, 6) is 1.70. The summed E-state index contributed by atoms with van der Waals surface area (Å²) in [6.07, 6.45) is 1.15. The second-order valence-corrected chi connectivity index (χ2v) is 5.41. The maximum atomic E-state index is 5.95. The van der Waals surface area contributed by atoms with Crippen molar-refractivity contribution in [3.63, 3.8) is 0 Å². The fourth-order valence-electron chi connectivity index (χ4n) is 2.86. The molecule has 0 radical (unpaired) electrons. The number of nitrogens with two attached hydrogens (primary N) is 1. The Labute approximate surface area is 95.5 Å². The van der Waals surface area contributed by atoms with Crippen molar-refractivity contribution in [1.82, 2.24) is 0 Å². The van der Waals surface area contributed by atoms with Crippen LogP contribution in [0.5, 0.6) is 11.5 Å². The summed E-state index contributed by atoms with van der Waals surface area (Å²) in [5.41, 5.74) is 7.67. The molecule has 16 heavy (non-hydrogen) atoms. The van der Waals surface area contributed by atoms with E-state index in [1.807, 2.05) is 6.07 Å². The summed E-state index contributed by atoms with van der Waals surface area (Å²) >= 11 is 0. The highest BCUT2D eigenvalue weighted by Gasteiger charge is 2.61. The topological polar surface area (TPSA) is 44.5 Å². The largest absolute Gasteiger partial charge is 0.454 e. The van der Waals surface area contributed by atoms with Gasteiger partial charge in [0.15, 0.2) is 11.5 Å². The van der Waals surface area contributed by atoms with Crippen LogP contribution in [0.4, 0.5) is 0 Å². The van der Waals surface area contributed by atoms with Gasteiger partial charge in [0.2, 0.25) is 6.79 Å². The molecule has 1 aliphatic carbocycles. The lowest BCUT2D eigenvalue weighted by Gasteiger charge is -2.19. The highest BCUT2D eigenvalue weighted by Crippen LogP contribution is 2.64. The average Bonchev–Trinajstić information content (AvgIpc) is 2.63. The summed E-state index contributed by atoms with van der Waals surface area (Å²) in [5, 5.41) is 0. The van der Waals surface area contributed by atoms with Crippen molar-refractivity contribution in [3.05, 3.63) is 23.8 Å². The molecule has 0 saturated heterocycles. The minimum atomic E-state index is 0.133. The molecule has 0 spiro atoms. The lowest BCUT2D eigenvalue weighted by Crippen LogP contribution is -2.25. The Bertz CT molecular complexity index is 442. The van der Waals surface area contributed by atoms with Crippen molar-refractivity contribution in [3.8, 4) is 11.5 Å². The lowest BCUT2D eigenvalue weighted by molar-refractivity contribution is 0.174. The van der Waals surface area contributed by atoms with Gasteiger partial charge >= 0.3 is 0 Å². The van der Waals surface area contributed by atoms with Crippen LogP contribution in [-0.4, -0.2) is 13.3 Å². The van der Waals surface area contributed by atoms with Crippen LogP contribution in [0.3, 0.4) is 0 Å². The minimum Gasteiger partial charge on any atom is -0.454 e. The molecule has 1 aromatic carbocycles. The molecule has 1 atom stereocenters. The summed E-state index contributed by atoms with van der Waals surface area (Å²) in [7, 11) is 0. The molecular formula is C13H17NO2. The number of hydrogen-bond acceptors (Lipinski definition) is 3. The van der Waals surface area contributed by atoms with Gasteiger partial charge in [0.1, 0.15) is 0 Å². The van der Waals surface area contributed by atoms with Crippen LogP contribution in [0, 0.1) is 5.41 Å². The normalized spacial score (nSPS) is 29.2. The molecule has 1 saturated carbocycles. The Balaban J connectivity index is 2.02. The maximum absolute atomic E-state index is 5.95. The van der Waals surface area contributed by atoms with Gasteiger partial charge in [0.05, 0.1) is 0 Å².